The van der Waals surface area contributed by atoms with Crippen molar-refractivity contribution in [1.82, 2.24) is 4.90 Å². The van der Waals surface area contributed by atoms with Gasteiger partial charge in [-0.3, -0.25) is 4.79 Å². The second-order valence-electron chi connectivity index (χ2n) is 5.46. The van der Waals surface area contributed by atoms with Gasteiger partial charge in [-0.05, 0) is 43.4 Å². The van der Waals surface area contributed by atoms with Gasteiger partial charge in [0.15, 0.2) is 0 Å². The number of hydrogen-bond acceptors (Lipinski definition) is 1. The maximum Gasteiger partial charge on any atom is 0.234 e. The molecule has 2 aliphatic carbocycles. The Morgan fingerprint density at radius 3 is 2.47 bits per heavy atom. The predicted molar refractivity (Wildman–Crippen MR) is 75.9 cm³/mol. The first-order chi connectivity index (χ1) is 9.17. The maximum absolute atomic E-state index is 12.8. The second kappa shape index (κ2) is 4.58. The van der Waals surface area contributed by atoms with E-state index in [0.717, 1.165) is 31.2 Å². The number of benzene rings is 1. The molecule has 1 aromatic rings. The number of terminal acetylenes is 1. The van der Waals surface area contributed by atoms with E-state index in [1.165, 1.54) is 0 Å². The van der Waals surface area contributed by atoms with Gasteiger partial charge in [0.25, 0.3) is 0 Å². The molecule has 3 rings (SSSR count). The van der Waals surface area contributed by atoms with Crippen LogP contribution in [0.25, 0.3) is 0 Å². The fraction of sp³-hybridized carbons (Fsp3) is 0.438. The monoisotopic (exact) mass is 273 g/mol. The summed E-state index contributed by atoms with van der Waals surface area (Å²) in [5.74, 6) is 2.82. The average Bonchev–Trinajstić information content (AvgIpc) is 3.28. The van der Waals surface area contributed by atoms with E-state index in [0.29, 0.717) is 17.6 Å². The summed E-state index contributed by atoms with van der Waals surface area (Å²) in [6.07, 6.45) is 9.40. The van der Waals surface area contributed by atoms with Gasteiger partial charge in [-0.15, -0.1) is 6.42 Å². The maximum atomic E-state index is 12.8. The summed E-state index contributed by atoms with van der Waals surface area (Å²) >= 11 is 5.91. The number of hydrogen-bond donors (Lipinski definition) is 0. The Labute approximate surface area is 118 Å². The molecule has 0 aromatic heterocycles. The molecule has 0 unspecified atom stereocenters. The van der Waals surface area contributed by atoms with Crippen LogP contribution in [0.5, 0.6) is 0 Å². The van der Waals surface area contributed by atoms with Crippen LogP contribution in [0.1, 0.15) is 31.2 Å². The number of carbonyl (C=O) groups excluding carboxylic acids is 1. The molecule has 0 saturated heterocycles. The van der Waals surface area contributed by atoms with E-state index in [4.69, 9.17) is 18.0 Å². The van der Waals surface area contributed by atoms with E-state index in [2.05, 4.69) is 5.92 Å². The number of rotatable bonds is 4. The SMILES string of the molecule is C#CCN(C(=O)C1(c2ccc(Cl)cc2)CC1)C1CC1. The first-order valence-corrected chi connectivity index (χ1v) is 7.06. The molecule has 0 heterocycles. The second-order valence-corrected chi connectivity index (χ2v) is 5.89. The van der Waals surface area contributed by atoms with Gasteiger partial charge in [0.2, 0.25) is 5.91 Å². The largest absolute Gasteiger partial charge is 0.328 e. The van der Waals surface area contributed by atoms with Gasteiger partial charge < -0.3 is 4.90 Å². The molecule has 3 heteroatoms. The summed E-state index contributed by atoms with van der Waals surface area (Å²) in [5, 5.41) is 0.703. The Bertz CT molecular complexity index is 535. The van der Waals surface area contributed by atoms with Gasteiger partial charge in [-0.2, -0.15) is 0 Å². The first kappa shape index (κ1) is 12.6. The van der Waals surface area contributed by atoms with E-state index in [1.54, 1.807) is 0 Å². The van der Waals surface area contributed by atoms with Gasteiger partial charge in [0.05, 0.1) is 12.0 Å². The van der Waals surface area contributed by atoms with Crippen LogP contribution < -0.4 is 0 Å². The molecular weight excluding hydrogens is 258 g/mol. The third-order valence-electron chi connectivity index (χ3n) is 4.07. The summed E-state index contributed by atoms with van der Waals surface area (Å²) < 4.78 is 0. The average molecular weight is 274 g/mol. The van der Waals surface area contributed by atoms with Crippen molar-refractivity contribution < 1.29 is 4.79 Å². The van der Waals surface area contributed by atoms with E-state index in [1.807, 2.05) is 29.2 Å². The van der Waals surface area contributed by atoms with Gasteiger partial charge in [0.1, 0.15) is 0 Å². The summed E-state index contributed by atoms with van der Waals surface area (Å²) in [4.78, 5) is 14.7. The highest BCUT2D eigenvalue weighted by molar-refractivity contribution is 6.30. The van der Waals surface area contributed by atoms with Crippen LogP contribution in [-0.4, -0.2) is 23.4 Å². The molecule has 1 amide bonds. The third-order valence-corrected chi connectivity index (χ3v) is 4.32. The van der Waals surface area contributed by atoms with Crippen LogP contribution in [0.2, 0.25) is 5.02 Å². The molecule has 0 radical (unpaired) electrons. The lowest BCUT2D eigenvalue weighted by atomic mass is 9.94. The van der Waals surface area contributed by atoms with Crippen LogP contribution in [0.3, 0.4) is 0 Å². The van der Waals surface area contributed by atoms with Crippen LogP contribution in [0.15, 0.2) is 24.3 Å². The van der Waals surface area contributed by atoms with E-state index in [-0.39, 0.29) is 11.3 Å². The minimum Gasteiger partial charge on any atom is -0.328 e. The Kier molecular flexibility index (Phi) is 3.03. The predicted octanol–water partition coefficient (Wildman–Crippen LogP) is 3.00. The lowest BCUT2D eigenvalue weighted by Gasteiger charge is -2.26. The number of halogens is 1. The summed E-state index contributed by atoms with van der Waals surface area (Å²) in [5.41, 5.74) is 0.744. The Morgan fingerprint density at radius 1 is 1.37 bits per heavy atom. The zero-order chi connectivity index (χ0) is 13.5. The molecule has 19 heavy (non-hydrogen) atoms. The lowest BCUT2D eigenvalue weighted by Crippen LogP contribution is -2.41. The number of carbonyl (C=O) groups is 1. The molecule has 0 spiro atoms. The molecule has 98 valence electrons. The highest BCUT2D eigenvalue weighted by atomic mass is 35.5. The number of amides is 1. The van der Waals surface area contributed by atoms with Crippen molar-refractivity contribution in [2.45, 2.75) is 37.1 Å². The minimum absolute atomic E-state index is 0.204. The highest BCUT2D eigenvalue weighted by Gasteiger charge is 2.54. The minimum atomic E-state index is -0.329. The smallest absolute Gasteiger partial charge is 0.234 e. The van der Waals surface area contributed by atoms with Crippen molar-refractivity contribution in [2.75, 3.05) is 6.54 Å². The van der Waals surface area contributed by atoms with Crippen molar-refractivity contribution in [3.63, 3.8) is 0 Å². The molecule has 0 N–H and O–H groups in total. The van der Waals surface area contributed by atoms with E-state index in [9.17, 15) is 4.79 Å². The first-order valence-electron chi connectivity index (χ1n) is 6.68. The molecule has 1 aromatic carbocycles. The van der Waals surface area contributed by atoms with Crippen LogP contribution in [0, 0.1) is 12.3 Å². The normalized spacial score (nSPS) is 19.6. The summed E-state index contributed by atoms with van der Waals surface area (Å²) in [6.45, 7) is 0.429. The topological polar surface area (TPSA) is 20.3 Å². The third kappa shape index (κ3) is 2.24. The van der Waals surface area contributed by atoms with Crippen molar-refractivity contribution in [3.05, 3.63) is 34.9 Å². The van der Waals surface area contributed by atoms with Gasteiger partial charge in [0, 0.05) is 11.1 Å². The molecule has 0 aliphatic heterocycles. The molecule has 2 saturated carbocycles. The fourth-order valence-electron chi connectivity index (χ4n) is 2.65. The standard InChI is InChI=1S/C16H16ClNO/c1-2-11-18(14-7-8-14)15(19)16(9-10-16)12-3-5-13(17)6-4-12/h1,3-6,14H,7-11H2. The van der Waals surface area contributed by atoms with Gasteiger partial charge >= 0.3 is 0 Å². The Hall–Kier alpha value is -1.46. The highest BCUT2D eigenvalue weighted by Crippen LogP contribution is 2.50. The zero-order valence-corrected chi connectivity index (χ0v) is 11.5. The summed E-state index contributed by atoms with van der Waals surface area (Å²) in [7, 11) is 0. The van der Waals surface area contributed by atoms with Crippen LogP contribution in [-0.2, 0) is 10.2 Å². The van der Waals surface area contributed by atoms with Crippen molar-refractivity contribution in [1.29, 1.82) is 0 Å². The molecule has 0 atom stereocenters. The quantitative estimate of drug-likeness (QED) is 0.773. The van der Waals surface area contributed by atoms with Crippen molar-refractivity contribution >= 4 is 17.5 Å². The zero-order valence-electron chi connectivity index (χ0n) is 10.7. The van der Waals surface area contributed by atoms with Crippen LogP contribution in [0.4, 0.5) is 0 Å². The lowest BCUT2D eigenvalue weighted by molar-refractivity contribution is -0.133. The molecule has 2 nitrogen and oxygen atoms in total. The van der Waals surface area contributed by atoms with Crippen LogP contribution >= 0.6 is 11.6 Å². The van der Waals surface area contributed by atoms with E-state index >= 15 is 0 Å². The fourth-order valence-corrected chi connectivity index (χ4v) is 2.77. The molecular formula is C16H16ClNO. The van der Waals surface area contributed by atoms with Gasteiger partial charge in [-0.25, -0.2) is 0 Å². The Balaban J connectivity index is 1.85. The molecule has 2 fully saturated rings. The molecule has 0 bridgehead atoms. The molecule has 2 aliphatic rings. The van der Waals surface area contributed by atoms with E-state index < -0.39 is 0 Å². The van der Waals surface area contributed by atoms with Crippen molar-refractivity contribution in [2.24, 2.45) is 0 Å². The summed E-state index contributed by atoms with van der Waals surface area (Å²) in [6, 6.07) is 8.01. The Morgan fingerprint density at radius 2 is 2.00 bits per heavy atom. The van der Waals surface area contributed by atoms with Crippen molar-refractivity contribution in [3.8, 4) is 12.3 Å². The number of nitrogens with zero attached hydrogens (tertiary/aromatic N) is 1. The van der Waals surface area contributed by atoms with Gasteiger partial charge in [-0.1, -0.05) is 29.7 Å².